The molecule has 3 aromatic rings. The maximum atomic E-state index is 13.0. The van der Waals surface area contributed by atoms with Gasteiger partial charge < -0.3 is 9.47 Å². The van der Waals surface area contributed by atoms with Crippen LogP contribution in [0.2, 0.25) is 0 Å². The van der Waals surface area contributed by atoms with E-state index in [4.69, 9.17) is 9.47 Å². The zero-order chi connectivity index (χ0) is 22.7. The van der Waals surface area contributed by atoms with Crippen molar-refractivity contribution in [1.82, 2.24) is 9.29 Å². The zero-order valence-corrected chi connectivity index (χ0v) is 19.5. The Hall–Kier alpha value is -2.75. The summed E-state index contributed by atoms with van der Waals surface area (Å²) in [7, 11) is -2.34. The predicted octanol–water partition coefficient (Wildman–Crippen LogP) is 4.27. The van der Waals surface area contributed by atoms with Crippen molar-refractivity contribution >= 4 is 27.3 Å². The van der Waals surface area contributed by atoms with E-state index in [1.807, 2.05) is 36.6 Å². The summed E-state index contributed by atoms with van der Waals surface area (Å²) in [4.78, 5) is 17.1. The zero-order valence-electron chi connectivity index (χ0n) is 17.9. The third kappa shape index (κ3) is 4.69. The molecule has 0 atom stereocenters. The minimum Gasteiger partial charge on any atom is -0.495 e. The van der Waals surface area contributed by atoms with Gasteiger partial charge in [-0.1, -0.05) is 29.8 Å². The number of hydrogen-bond donors (Lipinski definition) is 0. The second-order valence-electron chi connectivity index (χ2n) is 7.56. The number of esters is 1. The van der Waals surface area contributed by atoms with Crippen molar-refractivity contribution in [3.63, 3.8) is 0 Å². The monoisotopic (exact) mass is 472 g/mol. The molecule has 1 aliphatic heterocycles. The van der Waals surface area contributed by atoms with Crippen LogP contribution in [0.25, 0.3) is 10.6 Å². The molecule has 4 rings (SSSR count). The molecule has 1 saturated heterocycles. The van der Waals surface area contributed by atoms with Crippen LogP contribution in [0.15, 0.2) is 52.7 Å². The van der Waals surface area contributed by atoms with Gasteiger partial charge in [0.15, 0.2) is 0 Å². The lowest BCUT2D eigenvalue weighted by Crippen LogP contribution is -2.28. The number of carbonyl (C=O) groups excluding carboxylic acids is 1. The first-order valence-electron chi connectivity index (χ1n) is 10.3. The Kier molecular flexibility index (Phi) is 6.59. The topological polar surface area (TPSA) is 85.8 Å². The molecule has 0 amide bonds. The maximum Gasteiger partial charge on any atom is 0.338 e. The van der Waals surface area contributed by atoms with Crippen molar-refractivity contribution in [1.29, 1.82) is 0 Å². The maximum absolute atomic E-state index is 13.0. The molecule has 1 aromatic heterocycles. The summed E-state index contributed by atoms with van der Waals surface area (Å²) >= 11 is 1.48. The first-order valence-corrected chi connectivity index (χ1v) is 12.6. The number of carbonyl (C=O) groups is 1. The molecule has 0 N–H and O–H groups in total. The van der Waals surface area contributed by atoms with Gasteiger partial charge in [0.2, 0.25) is 10.0 Å². The van der Waals surface area contributed by atoms with E-state index in [9.17, 15) is 13.2 Å². The van der Waals surface area contributed by atoms with Crippen LogP contribution in [0.5, 0.6) is 5.75 Å². The highest BCUT2D eigenvalue weighted by Gasteiger charge is 2.30. The Morgan fingerprint density at radius 1 is 1.12 bits per heavy atom. The lowest BCUT2D eigenvalue weighted by atomic mass is 10.2. The fourth-order valence-electron chi connectivity index (χ4n) is 3.50. The summed E-state index contributed by atoms with van der Waals surface area (Å²) < 4.78 is 38.1. The Morgan fingerprint density at radius 3 is 2.53 bits per heavy atom. The fraction of sp³-hybridized carbons (Fsp3) is 0.304. The Bertz CT molecular complexity index is 1210. The molecule has 0 unspecified atom stereocenters. The van der Waals surface area contributed by atoms with E-state index in [1.165, 1.54) is 46.5 Å². The number of sulfonamides is 1. The minimum atomic E-state index is -3.75. The molecule has 9 heteroatoms. The Morgan fingerprint density at radius 2 is 1.84 bits per heavy atom. The molecule has 0 saturated carbocycles. The summed E-state index contributed by atoms with van der Waals surface area (Å²) in [6.45, 7) is 2.96. The summed E-state index contributed by atoms with van der Waals surface area (Å²) in [6.07, 6.45) is 1.64. The van der Waals surface area contributed by atoms with Crippen molar-refractivity contribution in [2.45, 2.75) is 31.3 Å². The van der Waals surface area contributed by atoms with Gasteiger partial charge in [0.25, 0.3) is 0 Å². The molecule has 7 nitrogen and oxygen atoms in total. The summed E-state index contributed by atoms with van der Waals surface area (Å²) in [5.41, 5.74) is 2.96. The van der Waals surface area contributed by atoms with E-state index in [2.05, 4.69) is 4.98 Å². The highest BCUT2D eigenvalue weighted by atomic mass is 32.2. The lowest BCUT2D eigenvalue weighted by Gasteiger charge is -2.18. The van der Waals surface area contributed by atoms with Crippen molar-refractivity contribution in [2.75, 3.05) is 20.2 Å². The van der Waals surface area contributed by atoms with Gasteiger partial charge in [-0.2, -0.15) is 4.31 Å². The molecular weight excluding hydrogens is 448 g/mol. The highest BCUT2D eigenvalue weighted by molar-refractivity contribution is 7.89. The normalized spacial score (nSPS) is 14.4. The average molecular weight is 473 g/mol. The van der Waals surface area contributed by atoms with Crippen molar-refractivity contribution < 1.29 is 22.7 Å². The van der Waals surface area contributed by atoms with Crippen LogP contribution >= 0.6 is 11.3 Å². The van der Waals surface area contributed by atoms with Gasteiger partial charge in [-0.25, -0.2) is 18.2 Å². The summed E-state index contributed by atoms with van der Waals surface area (Å²) in [5, 5.41) is 2.69. The van der Waals surface area contributed by atoms with Crippen molar-refractivity contribution in [3.8, 4) is 16.3 Å². The van der Waals surface area contributed by atoms with Crippen LogP contribution in [0, 0.1) is 6.92 Å². The SMILES string of the molecule is COc1ccc(C(=O)OCc2csc(-c3ccc(C)cc3)n2)cc1S(=O)(=O)N1CCCC1. The molecule has 32 heavy (non-hydrogen) atoms. The van der Waals surface area contributed by atoms with Gasteiger partial charge in [-0.3, -0.25) is 0 Å². The third-order valence-electron chi connectivity index (χ3n) is 5.28. The number of rotatable bonds is 7. The first-order chi connectivity index (χ1) is 15.4. The van der Waals surface area contributed by atoms with Crippen molar-refractivity contribution in [3.05, 3.63) is 64.7 Å². The van der Waals surface area contributed by atoms with E-state index in [-0.39, 0.29) is 22.8 Å². The molecule has 1 aliphatic rings. The summed E-state index contributed by atoms with van der Waals surface area (Å²) in [5.74, 6) is -0.411. The van der Waals surface area contributed by atoms with Gasteiger partial charge in [-0.05, 0) is 38.0 Å². The largest absolute Gasteiger partial charge is 0.495 e. The minimum absolute atomic E-state index is 0.00142. The number of methoxy groups -OCH3 is 1. The van der Waals surface area contributed by atoms with Crippen LogP contribution in [0.4, 0.5) is 0 Å². The smallest absolute Gasteiger partial charge is 0.338 e. The second-order valence-corrected chi connectivity index (χ2v) is 10.3. The second kappa shape index (κ2) is 9.40. The van der Waals surface area contributed by atoms with E-state index in [0.29, 0.717) is 18.8 Å². The van der Waals surface area contributed by atoms with E-state index < -0.39 is 16.0 Å². The number of nitrogens with zero attached hydrogens (tertiary/aromatic N) is 2. The van der Waals surface area contributed by atoms with Gasteiger partial charge >= 0.3 is 5.97 Å². The van der Waals surface area contributed by atoms with Crippen LogP contribution in [0.1, 0.15) is 34.5 Å². The van der Waals surface area contributed by atoms with Gasteiger partial charge in [0.1, 0.15) is 22.3 Å². The van der Waals surface area contributed by atoms with Gasteiger partial charge in [-0.15, -0.1) is 11.3 Å². The molecule has 2 aromatic carbocycles. The quantitative estimate of drug-likeness (QED) is 0.478. The van der Waals surface area contributed by atoms with E-state index >= 15 is 0 Å². The molecular formula is C23H24N2O5S2. The van der Waals surface area contributed by atoms with Gasteiger partial charge in [0.05, 0.1) is 18.4 Å². The molecule has 0 radical (unpaired) electrons. The number of benzene rings is 2. The van der Waals surface area contributed by atoms with Crippen LogP contribution in [-0.2, 0) is 21.4 Å². The number of aryl methyl sites for hydroxylation is 1. The Balaban J connectivity index is 1.49. The number of ether oxygens (including phenoxy) is 2. The molecule has 168 valence electrons. The predicted molar refractivity (Wildman–Crippen MR) is 122 cm³/mol. The number of hydrogen-bond acceptors (Lipinski definition) is 7. The lowest BCUT2D eigenvalue weighted by molar-refractivity contribution is 0.0468. The molecule has 0 aliphatic carbocycles. The van der Waals surface area contributed by atoms with Crippen molar-refractivity contribution in [2.24, 2.45) is 0 Å². The highest BCUT2D eigenvalue weighted by Crippen LogP contribution is 2.30. The molecule has 0 spiro atoms. The fourth-order valence-corrected chi connectivity index (χ4v) is 6.01. The molecule has 0 bridgehead atoms. The number of thiazole rings is 1. The van der Waals surface area contributed by atoms with E-state index in [0.717, 1.165) is 23.4 Å². The van der Waals surface area contributed by atoms with Crippen LogP contribution < -0.4 is 4.74 Å². The van der Waals surface area contributed by atoms with Crippen LogP contribution in [-0.4, -0.2) is 43.9 Å². The average Bonchev–Trinajstić information content (AvgIpc) is 3.50. The molecule has 1 fully saturated rings. The van der Waals surface area contributed by atoms with Crippen LogP contribution in [0.3, 0.4) is 0 Å². The molecule has 2 heterocycles. The van der Waals surface area contributed by atoms with Gasteiger partial charge in [0, 0.05) is 24.0 Å². The number of aromatic nitrogens is 1. The standard InChI is InChI=1S/C23H24N2O5S2/c1-16-5-7-17(8-6-16)22-24-19(15-31-22)14-30-23(26)18-9-10-20(29-2)21(13-18)32(27,28)25-11-3-4-12-25/h5-10,13,15H,3-4,11-12,14H2,1-2H3. The Labute approximate surface area is 191 Å². The summed E-state index contributed by atoms with van der Waals surface area (Å²) in [6, 6.07) is 12.4. The first kappa shape index (κ1) is 22.4. The third-order valence-corrected chi connectivity index (χ3v) is 8.14. The van der Waals surface area contributed by atoms with E-state index in [1.54, 1.807) is 0 Å².